The van der Waals surface area contributed by atoms with Crippen molar-refractivity contribution >= 4 is 6.29 Å². The summed E-state index contributed by atoms with van der Waals surface area (Å²) in [6, 6.07) is 0. The molecular formula is C6H7F3N2O2. The maximum Gasteiger partial charge on any atom is 0.418 e. The first kappa shape index (κ1) is 9.85. The molecule has 1 atom stereocenters. The number of hydrogen-bond acceptors (Lipinski definition) is 4. The van der Waals surface area contributed by atoms with Gasteiger partial charge in [0.05, 0.1) is 0 Å². The molecular weight excluding hydrogens is 189 g/mol. The Morgan fingerprint density at radius 2 is 2.23 bits per heavy atom. The van der Waals surface area contributed by atoms with E-state index in [1.165, 1.54) is 7.05 Å². The summed E-state index contributed by atoms with van der Waals surface area (Å²) in [6.07, 6.45) is -4.65. The van der Waals surface area contributed by atoms with Crippen molar-refractivity contribution in [2.75, 3.05) is 7.05 Å². The van der Waals surface area contributed by atoms with Crippen molar-refractivity contribution < 1.29 is 23.1 Å². The smallest absolute Gasteiger partial charge is 0.418 e. The molecule has 1 unspecified atom stereocenters. The highest BCUT2D eigenvalue weighted by atomic mass is 19.4. The average molecular weight is 196 g/mol. The van der Waals surface area contributed by atoms with Crippen molar-refractivity contribution in [2.45, 2.75) is 11.7 Å². The van der Waals surface area contributed by atoms with Crippen LogP contribution in [0.2, 0.25) is 0 Å². The van der Waals surface area contributed by atoms with Gasteiger partial charge in [-0.3, -0.25) is 5.01 Å². The van der Waals surface area contributed by atoms with Crippen LogP contribution in [0.4, 0.5) is 13.2 Å². The van der Waals surface area contributed by atoms with Gasteiger partial charge in [0.25, 0.3) is 0 Å². The molecule has 0 aromatic rings. The molecule has 0 saturated carbocycles. The number of aliphatic hydroxyl groups excluding tert-OH is 1. The van der Waals surface area contributed by atoms with Gasteiger partial charge in [-0.2, -0.15) is 13.2 Å². The predicted octanol–water partition coefficient (Wildman–Crippen LogP) is 0.336. The first-order chi connectivity index (χ1) is 5.82. The Morgan fingerprint density at radius 1 is 1.69 bits per heavy atom. The largest absolute Gasteiger partial charge is 0.494 e. The summed E-state index contributed by atoms with van der Waals surface area (Å²) < 4.78 is 36.9. The third kappa shape index (κ3) is 1.35. The van der Waals surface area contributed by atoms with Gasteiger partial charge in [-0.05, 0) is 0 Å². The summed E-state index contributed by atoms with van der Waals surface area (Å²) in [5.41, 5.74) is -0.995. The number of hydrazine groups is 1. The zero-order valence-electron chi connectivity index (χ0n) is 6.59. The molecule has 0 radical (unpaired) electrons. The highest BCUT2D eigenvalue weighted by molar-refractivity contribution is 5.70. The number of nitrogens with zero attached hydrogens (tertiary/aromatic N) is 1. The van der Waals surface area contributed by atoms with Gasteiger partial charge in [0, 0.05) is 13.1 Å². The van der Waals surface area contributed by atoms with Crippen LogP contribution in [0.1, 0.15) is 0 Å². The van der Waals surface area contributed by atoms with Crippen LogP contribution in [0.3, 0.4) is 0 Å². The molecule has 0 bridgehead atoms. The molecule has 13 heavy (non-hydrogen) atoms. The molecule has 0 aromatic carbocycles. The molecule has 0 spiro atoms. The number of carbonyl (C=O) groups excluding carboxylic acids is 1. The van der Waals surface area contributed by atoms with Crippen LogP contribution >= 0.6 is 0 Å². The van der Waals surface area contributed by atoms with Gasteiger partial charge in [-0.1, -0.05) is 0 Å². The monoisotopic (exact) mass is 196 g/mol. The number of alkyl halides is 3. The van der Waals surface area contributed by atoms with E-state index in [1.807, 2.05) is 0 Å². The summed E-state index contributed by atoms with van der Waals surface area (Å²) >= 11 is 0. The maximum atomic E-state index is 12.3. The van der Waals surface area contributed by atoms with E-state index in [4.69, 9.17) is 5.11 Å². The normalized spacial score (nSPS) is 28.9. The third-order valence-corrected chi connectivity index (χ3v) is 1.71. The maximum absolute atomic E-state index is 12.3. The first-order valence-corrected chi connectivity index (χ1v) is 3.29. The van der Waals surface area contributed by atoms with E-state index < -0.39 is 17.6 Å². The van der Waals surface area contributed by atoms with Crippen molar-refractivity contribution in [1.29, 1.82) is 0 Å². The molecule has 1 aliphatic heterocycles. The Bertz CT molecular complexity index is 263. The Kier molecular flexibility index (Phi) is 1.99. The van der Waals surface area contributed by atoms with Crippen LogP contribution in [-0.4, -0.2) is 35.2 Å². The van der Waals surface area contributed by atoms with E-state index >= 15 is 0 Å². The number of carbonyl (C=O) groups is 1. The molecule has 7 heteroatoms. The first-order valence-electron chi connectivity index (χ1n) is 3.29. The van der Waals surface area contributed by atoms with Gasteiger partial charge < -0.3 is 9.90 Å². The van der Waals surface area contributed by atoms with Crippen LogP contribution in [0.25, 0.3) is 0 Å². The van der Waals surface area contributed by atoms with E-state index in [0.717, 1.165) is 5.01 Å². The van der Waals surface area contributed by atoms with E-state index in [0.29, 0.717) is 6.08 Å². The Morgan fingerprint density at radius 3 is 2.38 bits per heavy atom. The predicted molar refractivity (Wildman–Crippen MR) is 36.5 cm³/mol. The molecule has 1 aliphatic rings. The Balaban J connectivity index is 3.07. The summed E-state index contributed by atoms with van der Waals surface area (Å²) in [5, 5.41) is 9.62. The molecule has 0 aromatic heterocycles. The fourth-order valence-electron chi connectivity index (χ4n) is 0.940. The number of aliphatic hydroxyl groups is 1. The van der Waals surface area contributed by atoms with Crippen LogP contribution in [0.5, 0.6) is 0 Å². The number of halogens is 3. The van der Waals surface area contributed by atoms with Gasteiger partial charge in [0.15, 0.2) is 12.2 Å². The second-order valence-corrected chi connectivity index (χ2v) is 2.66. The second-order valence-electron chi connectivity index (χ2n) is 2.66. The molecule has 2 N–H and O–H groups in total. The fourth-order valence-corrected chi connectivity index (χ4v) is 0.940. The quantitative estimate of drug-likeness (QED) is 0.593. The highest BCUT2D eigenvalue weighted by Crippen LogP contribution is 2.34. The highest BCUT2D eigenvalue weighted by Gasteiger charge is 2.57. The Hall–Kier alpha value is -1.24. The van der Waals surface area contributed by atoms with Gasteiger partial charge in [0.1, 0.15) is 0 Å². The minimum absolute atomic E-state index is 0.299. The molecule has 4 nitrogen and oxygen atoms in total. The lowest BCUT2D eigenvalue weighted by atomic mass is 10.0. The minimum Gasteiger partial charge on any atom is -0.494 e. The number of hydrogen-bond donors (Lipinski definition) is 2. The molecule has 0 saturated heterocycles. The van der Waals surface area contributed by atoms with Gasteiger partial charge in [-0.15, -0.1) is 0 Å². The van der Waals surface area contributed by atoms with E-state index in [-0.39, 0.29) is 6.29 Å². The lowest BCUT2D eigenvalue weighted by Crippen LogP contribution is -2.57. The van der Waals surface area contributed by atoms with Crippen LogP contribution in [0.15, 0.2) is 12.0 Å². The van der Waals surface area contributed by atoms with E-state index in [1.54, 1.807) is 5.43 Å². The number of rotatable bonds is 1. The standard InChI is InChI=1S/C6H7F3N2O2/c1-11-4(13)2-5(3-12,10-11)6(7,8)9/h2-3,10,13H,1H3. The summed E-state index contributed by atoms with van der Waals surface area (Å²) in [6.45, 7) is 0. The minimum atomic E-state index is -4.77. The summed E-state index contributed by atoms with van der Waals surface area (Å²) in [5.74, 6) is -0.635. The van der Waals surface area contributed by atoms with Crippen molar-refractivity contribution in [3.05, 3.63) is 12.0 Å². The number of aldehydes is 1. The SMILES string of the molecule is CN1NC(C=O)(C(F)(F)F)C=C1O. The molecule has 0 fully saturated rings. The summed E-state index contributed by atoms with van der Waals surface area (Å²) in [7, 11) is 1.17. The van der Waals surface area contributed by atoms with Crippen molar-refractivity contribution in [3.8, 4) is 0 Å². The second kappa shape index (κ2) is 2.63. The zero-order valence-corrected chi connectivity index (χ0v) is 6.59. The summed E-state index contributed by atoms with van der Waals surface area (Å²) in [4.78, 5) is 10.3. The lowest BCUT2D eigenvalue weighted by Gasteiger charge is -2.25. The van der Waals surface area contributed by atoms with Crippen LogP contribution in [0, 0.1) is 0 Å². The van der Waals surface area contributed by atoms with Crippen LogP contribution < -0.4 is 5.43 Å². The molecule has 0 aliphatic carbocycles. The fraction of sp³-hybridized carbons (Fsp3) is 0.500. The lowest BCUT2D eigenvalue weighted by molar-refractivity contribution is -0.184. The van der Waals surface area contributed by atoms with Gasteiger partial charge in [-0.25, -0.2) is 5.43 Å². The van der Waals surface area contributed by atoms with E-state index in [2.05, 4.69) is 0 Å². The molecule has 1 heterocycles. The molecule has 0 amide bonds. The third-order valence-electron chi connectivity index (χ3n) is 1.71. The van der Waals surface area contributed by atoms with Gasteiger partial charge >= 0.3 is 6.18 Å². The molecule has 1 rings (SSSR count). The average Bonchev–Trinajstić information content (AvgIpc) is 2.28. The van der Waals surface area contributed by atoms with Crippen molar-refractivity contribution in [2.24, 2.45) is 0 Å². The van der Waals surface area contributed by atoms with Gasteiger partial charge in [0.2, 0.25) is 5.54 Å². The zero-order chi connectivity index (χ0) is 10.3. The molecule has 74 valence electrons. The van der Waals surface area contributed by atoms with E-state index in [9.17, 15) is 18.0 Å². The van der Waals surface area contributed by atoms with Crippen LogP contribution in [-0.2, 0) is 4.79 Å². The topological polar surface area (TPSA) is 52.6 Å². The van der Waals surface area contributed by atoms with Crippen molar-refractivity contribution in [1.82, 2.24) is 10.4 Å². The van der Waals surface area contributed by atoms with Crippen molar-refractivity contribution in [3.63, 3.8) is 0 Å². The Labute approximate surface area is 71.6 Å². The number of nitrogens with one attached hydrogen (secondary N) is 1.